The van der Waals surface area contributed by atoms with E-state index < -0.39 is 0 Å². The van der Waals surface area contributed by atoms with Gasteiger partial charge < -0.3 is 15.7 Å². The SMILES string of the molecule is O=C(NC1CCC(O)CC1)c1ccccc1NC(=O)C(C1CC1)N1CCCC1. The molecule has 6 heteroatoms. The van der Waals surface area contributed by atoms with Crippen LogP contribution in [0.1, 0.15) is 61.7 Å². The number of rotatable bonds is 6. The van der Waals surface area contributed by atoms with Crippen LogP contribution < -0.4 is 10.6 Å². The van der Waals surface area contributed by atoms with E-state index in [0.717, 1.165) is 64.5 Å². The third-order valence-corrected chi connectivity index (χ3v) is 6.33. The molecule has 2 saturated carbocycles. The molecule has 1 heterocycles. The van der Waals surface area contributed by atoms with Crippen molar-refractivity contribution in [2.45, 2.75) is 69.6 Å². The number of para-hydroxylation sites is 1. The normalized spacial score (nSPS) is 26.6. The van der Waals surface area contributed by atoms with Gasteiger partial charge >= 0.3 is 0 Å². The standard InChI is InChI=1S/C22H31N3O3/c26-17-11-9-16(10-12-17)23-21(27)18-5-1-2-6-19(18)24-22(28)20(15-7-8-15)25-13-3-4-14-25/h1-2,5-6,15-17,20,26H,3-4,7-14H2,(H,23,27)(H,24,28). The Morgan fingerprint density at radius 3 is 2.36 bits per heavy atom. The minimum Gasteiger partial charge on any atom is -0.393 e. The maximum Gasteiger partial charge on any atom is 0.253 e. The number of aliphatic hydroxyl groups excluding tert-OH is 1. The molecule has 2 amide bonds. The summed E-state index contributed by atoms with van der Waals surface area (Å²) in [5.74, 6) is 0.319. The highest BCUT2D eigenvalue weighted by Gasteiger charge is 2.41. The van der Waals surface area contributed by atoms with Gasteiger partial charge in [0.1, 0.15) is 0 Å². The molecular formula is C22H31N3O3. The van der Waals surface area contributed by atoms with Gasteiger partial charge in [-0.1, -0.05) is 12.1 Å². The molecule has 1 aliphatic heterocycles. The second-order valence-electron chi connectivity index (χ2n) is 8.54. The number of aliphatic hydroxyl groups is 1. The van der Waals surface area contributed by atoms with Crippen molar-refractivity contribution in [1.82, 2.24) is 10.2 Å². The Labute approximate surface area is 166 Å². The van der Waals surface area contributed by atoms with Crippen LogP contribution in [0.15, 0.2) is 24.3 Å². The number of carbonyl (C=O) groups excluding carboxylic acids is 2. The molecule has 152 valence electrons. The van der Waals surface area contributed by atoms with E-state index in [1.165, 1.54) is 0 Å². The average Bonchev–Trinajstić information content (AvgIpc) is 3.37. The number of likely N-dealkylation sites (tertiary alicyclic amines) is 1. The molecule has 1 saturated heterocycles. The number of anilines is 1. The molecule has 0 bridgehead atoms. The Kier molecular flexibility index (Phi) is 5.97. The highest BCUT2D eigenvalue weighted by Crippen LogP contribution is 2.37. The quantitative estimate of drug-likeness (QED) is 0.703. The largest absolute Gasteiger partial charge is 0.393 e. The van der Waals surface area contributed by atoms with E-state index in [-0.39, 0.29) is 30.0 Å². The third-order valence-electron chi connectivity index (χ3n) is 6.33. The maximum absolute atomic E-state index is 13.1. The molecule has 3 fully saturated rings. The summed E-state index contributed by atoms with van der Waals surface area (Å²) in [6, 6.07) is 7.27. The van der Waals surface area contributed by atoms with E-state index >= 15 is 0 Å². The fourth-order valence-electron chi connectivity index (χ4n) is 4.59. The van der Waals surface area contributed by atoms with Crippen molar-refractivity contribution < 1.29 is 14.7 Å². The van der Waals surface area contributed by atoms with Gasteiger partial charge in [-0.3, -0.25) is 14.5 Å². The summed E-state index contributed by atoms with van der Waals surface area (Å²) in [5, 5.41) is 15.8. The second kappa shape index (κ2) is 8.62. The van der Waals surface area contributed by atoms with Crippen molar-refractivity contribution in [1.29, 1.82) is 0 Å². The Morgan fingerprint density at radius 1 is 1.00 bits per heavy atom. The number of hydrogen-bond donors (Lipinski definition) is 3. The minimum atomic E-state index is -0.246. The number of benzene rings is 1. The van der Waals surface area contributed by atoms with Gasteiger partial charge in [-0.15, -0.1) is 0 Å². The summed E-state index contributed by atoms with van der Waals surface area (Å²) >= 11 is 0. The first kappa shape index (κ1) is 19.4. The molecular weight excluding hydrogens is 354 g/mol. The van der Waals surface area contributed by atoms with E-state index in [0.29, 0.717) is 17.2 Å². The van der Waals surface area contributed by atoms with Crippen molar-refractivity contribution >= 4 is 17.5 Å². The fourth-order valence-corrected chi connectivity index (χ4v) is 4.59. The summed E-state index contributed by atoms with van der Waals surface area (Å²) in [7, 11) is 0. The van der Waals surface area contributed by atoms with Crippen LogP contribution in [0.25, 0.3) is 0 Å². The molecule has 0 aromatic heterocycles. The highest BCUT2D eigenvalue weighted by atomic mass is 16.3. The highest BCUT2D eigenvalue weighted by molar-refractivity contribution is 6.05. The smallest absolute Gasteiger partial charge is 0.253 e. The van der Waals surface area contributed by atoms with Gasteiger partial charge in [-0.05, 0) is 82.5 Å². The lowest BCUT2D eigenvalue weighted by molar-refractivity contribution is -0.121. The molecule has 1 atom stereocenters. The monoisotopic (exact) mass is 385 g/mol. The summed E-state index contributed by atoms with van der Waals surface area (Å²) in [6.45, 7) is 1.98. The molecule has 1 aromatic rings. The van der Waals surface area contributed by atoms with Gasteiger partial charge in [0, 0.05) is 6.04 Å². The zero-order valence-corrected chi connectivity index (χ0v) is 16.4. The fraction of sp³-hybridized carbons (Fsp3) is 0.636. The summed E-state index contributed by atoms with van der Waals surface area (Å²) < 4.78 is 0. The molecule has 3 aliphatic rings. The lowest BCUT2D eigenvalue weighted by atomic mass is 9.93. The Balaban J connectivity index is 1.43. The van der Waals surface area contributed by atoms with E-state index in [9.17, 15) is 14.7 Å². The van der Waals surface area contributed by atoms with Crippen molar-refractivity contribution in [2.75, 3.05) is 18.4 Å². The lowest BCUT2D eigenvalue weighted by Crippen LogP contribution is -2.44. The zero-order chi connectivity index (χ0) is 19.5. The number of nitrogens with zero attached hydrogens (tertiary/aromatic N) is 1. The van der Waals surface area contributed by atoms with Gasteiger partial charge in [0.05, 0.1) is 23.4 Å². The molecule has 0 spiro atoms. The summed E-state index contributed by atoms with van der Waals surface area (Å²) in [5.41, 5.74) is 1.10. The van der Waals surface area contributed by atoms with Gasteiger partial charge in [0.2, 0.25) is 5.91 Å². The van der Waals surface area contributed by atoms with E-state index in [1.54, 1.807) is 6.07 Å². The van der Waals surface area contributed by atoms with Gasteiger partial charge in [-0.25, -0.2) is 0 Å². The van der Waals surface area contributed by atoms with Crippen LogP contribution in [0.5, 0.6) is 0 Å². The predicted octanol–water partition coefficient (Wildman–Crippen LogP) is 2.53. The van der Waals surface area contributed by atoms with Crippen LogP contribution in [0.2, 0.25) is 0 Å². The molecule has 6 nitrogen and oxygen atoms in total. The minimum absolute atomic E-state index is 0.0189. The molecule has 2 aliphatic carbocycles. The second-order valence-corrected chi connectivity index (χ2v) is 8.54. The molecule has 28 heavy (non-hydrogen) atoms. The molecule has 1 aromatic carbocycles. The first-order valence-electron chi connectivity index (χ1n) is 10.7. The van der Waals surface area contributed by atoms with Crippen molar-refractivity contribution in [3.05, 3.63) is 29.8 Å². The molecule has 3 N–H and O–H groups in total. The van der Waals surface area contributed by atoms with Crippen LogP contribution in [0.3, 0.4) is 0 Å². The van der Waals surface area contributed by atoms with Crippen LogP contribution >= 0.6 is 0 Å². The first-order chi connectivity index (χ1) is 13.6. The van der Waals surface area contributed by atoms with Crippen molar-refractivity contribution in [3.63, 3.8) is 0 Å². The summed E-state index contributed by atoms with van der Waals surface area (Å²) in [4.78, 5) is 28.2. The Bertz CT molecular complexity index is 705. The molecule has 1 unspecified atom stereocenters. The number of amides is 2. The topological polar surface area (TPSA) is 81.7 Å². The van der Waals surface area contributed by atoms with Crippen LogP contribution in [0, 0.1) is 5.92 Å². The third kappa shape index (κ3) is 4.55. The van der Waals surface area contributed by atoms with E-state index in [4.69, 9.17) is 0 Å². The summed E-state index contributed by atoms with van der Waals surface area (Å²) in [6.07, 6.45) is 7.33. The maximum atomic E-state index is 13.1. The van der Waals surface area contributed by atoms with Gasteiger partial charge in [-0.2, -0.15) is 0 Å². The van der Waals surface area contributed by atoms with Gasteiger partial charge in [0.25, 0.3) is 5.91 Å². The van der Waals surface area contributed by atoms with Crippen LogP contribution in [-0.4, -0.2) is 53.1 Å². The average molecular weight is 386 g/mol. The Hall–Kier alpha value is -1.92. The lowest BCUT2D eigenvalue weighted by Gasteiger charge is -2.28. The van der Waals surface area contributed by atoms with Crippen molar-refractivity contribution in [3.8, 4) is 0 Å². The van der Waals surface area contributed by atoms with E-state index in [1.807, 2.05) is 18.2 Å². The van der Waals surface area contributed by atoms with Crippen molar-refractivity contribution in [2.24, 2.45) is 5.92 Å². The van der Waals surface area contributed by atoms with Gasteiger partial charge in [0.15, 0.2) is 0 Å². The molecule has 0 radical (unpaired) electrons. The molecule has 4 rings (SSSR count). The zero-order valence-electron chi connectivity index (χ0n) is 16.4. The number of hydrogen-bond acceptors (Lipinski definition) is 4. The Morgan fingerprint density at radius 2 is 1.68 bits per heavy atom. The van der Waals surface area contributed by atoms with Crippen LogP contribution in [-0.2, 0) is 4.79 Å². The van der Waals surface area contributed by atoms with E-state index in [2.05, 4.69) is 15.5 Å². The predicted molar refractivity (Wildman–Crippen MR) is 108 cm³/mol. The number of carbonyl (C=O) groups is 2. The first-order valence-corrected chi connectivity index (χ1v) is 10.7. The number of nitrogens with one attached hydrogen (secondary N) is 2. The van der Waals surface area contributed by atoms with Crippen LogP contribution in [0.4, 0.5) is 5.69 Å².